The van der Waals surface area contributed by atoms with Gasteiger partial charge in [0.2, 0.25) is 0 Å². The summed E-state index contributed by atoms with van der Waals surface area (Å²) in [6.07, 6.45) is 0. The van der Waals surface area contributed by atoms with E-state index in [4.69, 9.17) is 9.47 Å². The molecule has 0 aliphatic rings. The third kappa shape index (κ3) is 5.55. The first kappa shape index (κ1) is 19.9. The van der Waals surface area contributed by atoms with Crippen LogP contribution in [0.2, 0.25) is 0 Å². The highest BCUT2D eigenvalue weighted by molar-refractivity contribution is 6.06. The molecule has 0 aliphatic heterocycles. The summed E-state index contributed by atoms with van der Waals surface area (Å²) < 4.78 is 23.7. The number of nitrogens with one attached hydrogen (secondary N) is 2. The van der Waals surface area contributed by atoms with Gasteiger partial charge in [-0.1, -0.05) is 18.2 Å². The lowest BCUT2D eigenvalue weighted by atomic mass is 10.2. The molecule has 2 N–H and O–H groups in total. The van der Waals surface area contributed by atoms with E-state index in [1.807, 2.05) is 0 Å². The highest BCUT2D eigenvalue weighted by Gasteiger charge is 2.11. The maximum atomic E-state index is 13.1. The molecule has 29 heavy (non-hydrogen) atoms. The highest BCUT2D eigenvalue weighted by atomic mass is 19.1. The first-order valence-corrected chi connectivity index (χ1v) is 8.78. The number of carbonyl (C=O) groups excluding carboxylic acids is 2. The fraction of sp³-hybridized carbons (Fsp3) is 0.0909. The molecule has 3 rings (SSSR count). The van der Waals surface area contributed by atoms with Crippen molar-refractivity contribution in [1.82, 2.24) is 0 Å². The number of halogens is 1. The predicted octanol–water partition coefficient (Wildman–Crippen LogP) is 4.10. The van der Waals surface area contributed by atoms with Gasteiger partial charge in [0.05, 0.1) is 12.7 Å². The summed E-state index contributed by atoms with van der Waals surface area (Å²) in [5.41, 5.74) is 1.34. The molecule has 0 heterocycles. The van der Waals surface area contributed by atoms with Gasteiger partial charge in [0.25, 0.3) is 11.8 Å². The van der Waals surface area contributed by atoms with E-state index in [1.165, 1.54) is 25.3 Å². The molecule has 0 radical (unpaired) electrons. The molecule has 0 atom stereocenters. The number of hydrogen-bond acceptors (Lipinski definition) is 4. The molecule has 0 bridgehead atoms. The second-order valence-corrected chi connectivity index (χ2v) is 6.03. The molecule has 2 amide bonds. The first-order valence-electron chi connectivity index (χ1n) is 8.78. The number of methoxy groups -OCH3 is 1. The summed E-state index contributed by atoms with van der Waals surface area (Å²) in [5, 5.41) is 5.32. The van der Waals surface area contributed by atoms with Crippen LogP contribution >= 0.6 is 0 Å². The topological polar surface area (TPSA) is 76.7 Å². The number of ether oxygens (including phenoxy) is 2. The minimum atomic E-state index is -0.436. The number of amides is 2. The molecular formula is C22H19FN2O4. The van der Waals surface area contributed by atoms with E-state index in [1.54, 1.807) is 54.6 Å². The number of benzene rings is 3. The van der Waals surface area contributed by atoms with Crippen LogP contribution in [0.3, 0.4) is 0 Å². The third-order valence-electron chi connectivity index (χ3n) is 3.94. The Kier molecular flexibility index (Phi) is 6.42. The second kappa shape index (κ2) is 9.36. The fourth-order valence-electron chi connectivity index (χ4n) is 2.58. The number of para-hydroxylation sites is 1. The van der Waals surface area contributed by atoms with Crippen molar-refractivity contribution in [1.29, 1.82) is 0 Å². The van der Waals surface area contributed by atoms with Gasteiger partial charge < -0.3 is 20.1 Å². The summed E-state index contributed by atoms with van der Waals surface area (Å²) in [7, 11) is 1.50. The smallest absolute Gasteiger partial charge is 0.262 e. The molecule has 7 heteroatoms. The minimum Gasteiger partial charge on any atom is -0.496 e. The van der Waals surface area contributed by atoms with Crippen molar-refractivity contribution in [2.24, 2.45) is 0 Å². The lowest BCUT2D eigenvalue weighted by Crippen LogP contribution is -2.20. The Bertz CT molecular complexity index is 1010. The highest BCUT2D eigenvalue weighted by Crippen LogP contribution is 2.21. The molecule has 6 nitrogen and oxygen atoms in total. The standard InChI is InChI=1S/C22H19FN2O4/c1-28-20-8-3-2-7-19(20)22(27)25-16-9-11-18(12-10-16)29-14-21(26)24-17-6-4-5-15(23)13-17/h2-13H,14H2,1H3,(H,24,26)(H,25,27). The molecule has 0 saturated heterocycles. The summed E-state index contributed by atoms with van der Waals surface area (Å²) in [4.78, 5) is 24.3. The van der Waals surface area contributed by atoms with Crippen LogP contribution in [0.25, 0.3) is 0 Å². The average Bonchev–Trinajstić information content (AvgIpc) is 2.73. The Morgan fingerprint density at radius 3 is 2.38 bits per heavy atom. The number of carbonyl (C=O) groups is 2. The maximum absolute atomic E-state index is 13.1. The molecule has 0 spiro atoms. The number of anilines is 2. The van der Waals surface area contributed by atoms with Gasteiger partial charge in [-0.2, -0.15) is 0 Å². The largest absolute Gasteiger partial charge is 0.496 e. The number of hydrogen-bond donors (Lipinski definition) is 2. The zero-order valence-electron chi connectivity index (χ0n) is 15.6. The van der Waals surface area contributed by atoms with Crippen molar-refractivity contribution in [2.45, 2.75) is 0 Å². The lowest BCUT2D eigenvalue weighted by molar-refractivity contribution is -0.118. The second-order valence-electron chi connectivity index (χ2n) is 6.03. The van der Waals surface area contributed by atoms with E-state index < -0.39 is 11.7 Å². The zero-order chi connectivity index (χ0) is 20.6. The first-order chi connectivity index (χ1) is 14.0. The molecular weight excluding hydrogens is 375 g/mol. The van der Waals surface area contributed by atoms with Crippen LogP contribution in [0, 0.1) is 5.82 Å². The summed E-state index contributed by atoms with van der Waals surface area (Å²) >= 11 is 0. The lowest BCUT2D eigenvalue weighted by Gasteiger charge is -2.10. The van der Waals surface area contributed by atoms with Gasteiger partial charge in [-0.3, -0.25) is 9.59 Å². The maximum Gasteiger partial charge on any atom is 0.262 e. The van der Waals surface area contributed by atoms with E-state index in [2.05, 4.69) is 10.6 Å². The van der Waals surface area contributed by atoms with Gasteiger partial charge in [0, 0.05) is 11.4 Å². The van der Waals surface area contributed by atoms with Crippen molar-refractivity contribution in [3.05, 3.63) is 84.2 Å². The molecule has 0 aromatic heterocycles. The summed E-state index contributed by atoms with van der Waals surface area (Å²) in [5.74, 6) is -0.215. The molecule has 0 unspecified atom stereocenters. The number of rotatable bonds is 7. The van der Waals surface area contributed by atoms with Crippen molar-refractivity contribution in [2.75, 3.05) is 24.4 Å². The van der Waals surface area contributed by atoms with Crippen molar-refractivity contribution in [3.63, 3.8) is 0 Å². The van der Waals surface area contributed by atoms with E-state index in [-0.39, 0.29) is 12.5 Å². The Hall–Kier alpha value is -3.87. The molecule has 3 aromatic rings. The summed E-state index contributed by atoms with van der Waals surface area (Å²) in [6, 6.07) is 19.1. The normalized spacial score (nSPS) is 10.1. The Labute approximate surface area is 167 Å². The summed E-state index contributed by atoms with van der Waals surface area (Å²) in [6.45, 7) is -0.233. The van der Waals surface area contributed by atoms with Crippen LogP contribution < -0.4 is 20.1 Å². The van der Waals surface area contributed by atoms with Crippen LogP contribution in [0.4, 0.5) is 15.8 Å². The van der Waals surface area contributed by atoms with Gasteiger partial charge in [-0.15, -0.1) is 0 Å². The SMILES string of the molecule is COc1ccccc1C(=O)Nc1ccc(OCC(=O)Nc2cccc(F)c2)cc1. The van der Waals surface area contributed by atoms with Crippen molar-refractivity contribution < 1.29 is 23.5 Å². The Balaban J connectivity index is 1.53. The monoisotopic (exact) mass is 394 g/mol. The molecule has 148 valence electrons. The van der Waals surface area contributed by atoms with Crippen LogP contribution in [0.1, 0.15) is 10.4 Å². The van der Waals surface area contributed by atoms with Crippen LogP contribution in [0.5, 0.6) is 11.5 Å². The van der Waals surface area contributed by atoms with Crippen molar-refractivity contribution >= 4 is 23.2 Å². The minimum absolute atomic E-state index is 0.233. The fourth-order valence-corrected chi connectivity index (χ4v) is 2.58. The quantitative estimate of drug-likeness (QED) is 0.632. The van der Waals surface area contributed by atoms with Gasteiger partial charge >= 0.3 is 0 Å². The predicted molar refractivity (Wildman–Crippen MR) is 108 cm³/mol. The van der Waals surface area contributed by atoms with Crippen molar-refractivity contribution in [3.8, 4) is 11.5 Å². The van der Waals surface area contributed by atoms with E-state index in [0.29, 0.717) is 28.4 Å². The van der Waals surface area contributed by atoms with Crippen LogP contribution in [0.15, 0.2) is 72.8 Å². The molecule has 0 aliphatic carbocycles. The van der Waals surface area contributed by atoms with Gasteiger partial charge in [0.15, 0.2) is 6.61 Å². The zero-order valence-corrected chi connectivity index (χ0v) is 15.6. The van der Waals surface area contributed by atoms with Gasteiger partial charge in [-0.25, -0.2) is 4.39 Å². The molecule has 3 aromatic carbocycles. The Morgan fingerprint density at radius 2 is 1.66 bits per heavy atom. The van der Waals surface area contributed by atoms with E-state index in [9.17, 15) is 14.0 Å². The van der Waals surface area contributed by atoms with E-state index >= 15 is 0 Å². The van der Waals surface area contributed by atoms with Gasteiger partial charge in [0.1, 0.15) is 17.3 Å². The van der Waals surface area contributed by atoms with Gasteiger partial charge in [-0.05, 0) is 54.6 Å². The Morgan fingerprint density at radius 1 is 0.897 bits per heavy atom. The van der Waals surface area contributed by atoms with Crippen LogP contribution in [-0.2, 0) is 4.79 Å². The molecule has 0 saturated carbocycles. The molecule has 0 fully saturated rings. The van der Waals surface area contributed by atoms with Crippen LogP contribution in [-0.4, -0.2) is 25.5 Å². The third-order valence-corrected chi connectivity index (χ3v) is 3.94. The average molecular weight is 394 g/mol. The van der Waals surface area contributed by atoms with E-state index in [0.717, 1.165) is 0 Å².